The first-order valence-corrected chi connectivity index (χ1v) is 10.7. The van der Waals surface area contributed by atoms with Crippen molar-refractivity contribution in [2.75, 3.05) is 46.4 Å². The summed E-state index contributed by atoms with van der Waals surface area (Å²) in [5, 5.41) is 6.85. The monoisotopic (exact) mass is 554 g/mol. The van der Waals surface area contributed by atoms with E-state index in [0.29, 0.717) is 29.8 Å². The second-order valence-corrected chi connectivity index (χ2v) is 7.59. The molecule has 1 fully saturated rings. The number of nitrogens with zero attached hydrogens (tertiary/aromatic N) is 2. The van der Waals surface area contributed by atoms with E-state index in [2.05, 4.69) is 51.7 Å². The van der Waals surface area contributed by atoms with Crippen LogP contribution >= 0.6 is 24.0 Å². The van der Waals surface area contributed by atoms with E-state index >= 15 is 0 Å². The van der Waals surface area contributed by atoms with E-state index in [4.69, 9.17) is 14.2 Å². The lowest BCUT2D eigenvalue weighted by Gasteiger charge is -2.22. The van der Waals surface area contributed by atoms with Gasteiger partial charge in [-0.15, -0.1) is 24.0 Å². The normalized spacial score (nSPS) is 14.4. The highest BCUT2D eigenvalue weighted by Crippen LogP contribution is 2.34. The van der Waals surface area contributed by atoms with Crippen molar-refractivity contribution in [3.05, 3.63) is 47.5 Å². The van der Waals surface area contributed by atoms with E-state index in [1.807, 2.05) is 12.1 Å². The Bertz CT molecular complexity index is 876. The summed E-state index contributed by atoms with van der Waals surface area (Å²) in [4.78, 5) is 6.84. The zero-order chi connectivity index (χ0) is 22.2. The predicted molar refractivity (Wildman–Crippen MR) is 141 cm³/mol. The van der Waals surface area contributed by atoms with Crippen molar-refractivity contribution in [1.29, 1.82) is 0 Å². The van der Waals surface area contributed by atoms with Gasteiger partial charge in [0, 0.05) is 38.0 Å². The Balaban J connectivity index is 0.00000363. The van der Waals surface area contributed by atoms with Crippen LogP contribution in [0.3, 0.4) is 0 Å². The van der Waals surface area contributed by atoms with Gasteiger partial charge < -0.3 is 29.7 Å². The van der Waals surface area contributed by atoms with Gasteiger partial charge in [-0.05, 0) is 37.5 Å². The van der Waals surface area contributed by atoms with Gasteiger partial charge in [0.2, 0.25) is 0 Å². The number of benzene rings is 2. The Morgan fingerprint density at radius 2 is 1.69 bits per heavy atom. The first-order chi connectivity index (χ1) is 15.1. The van der Waals surface area contributed by atoms with Crippen LogP contribution in [0.25, 0.3) is 0 Å². The lowest BCUT2D eigenvalue weighted by Crippen LogP contribution is -2.38. The molecule has 1 aliphatic rings. The summed E-state index contributed by atoms with van der Waals surface area (Å²) in [6.07, 6.45) is 2.54. The van der Waals surface area contributed by atoms with Crippen LogP contribution in [0.2, 0.25) is 0 Å². The van der Waals surface area contributed by atoms with E-state index in [-0.39, 0.29) is 30.0 Å². The molecule has 32 heavy (non-hydrogen) atoms. The topological polar surface area (TPSA) is 67.4 Å². The van der Waals surface area contributed by atoms with E-state index in [0.717, 1.165) is 18.7 Å². The molecule has 0 radical (unpaired) electrons. The van der Waals surface area contributed by atoms with Gasteiger partial charge in [0.25, 0.3) is 0 Å². The van der Waals surface area contributed by atoms with Crippen LogP contribution in [0.1, 0.15) is 36.9 Å². The Hall–Kier alpha value is -2.36. The maximum atomic E-state index is 5.54. The van der Waals surface area contributed by atoms with E-state index in [9.17, 15) is 0 Å². The lowest BCUT2D eigenvalue weighted by atomic mass is 10.1. The third kappa shape index (κ3) is 6.34. The van der Waals surface area contributed by atoms with Crippen molar-refractivity contribution < 1.29 is 14.2 Å². The van der Waals surface area contributed by atoms with Crippen LogP contribution in [0.5, 0.6) is 17.2 Å². The van der Waals surface area contributed by atoms with Gasteiger partial charge in [-0.3, -0.25) is 4.99 Å². The van der Waals surface area contributed by atoms with Crippen molar-refractivity contribution in [2.45, 2.75) is 32.4 Å². The summed E-state index contributed by atoms with van der Waals surface area (Å²) in [6, 6.07) is 12.5. The largest absolute Gasteiger partial charge is 0.496 e. The summed E-state index contributed by atoms with van der Waals surface area (Å²) >= 11 is 0. The summed E-state index contributed by atoms with van der Waals surface area (Å²) in [7, 11) is 6.67. The minimum absolute atomic E-state index is 0. The van der Waals surface area contributed by atoms with Crippen LogP contribution < -0.4 is 29.7 Å². The highest BCUT2D eigenvalue weighted by Gasteiger charge is 2.16. The van der Waals surface area contributed by atoms with Crippen molar-refractivity contribution in [3.8, 4) is 17.2 Å². The van der Waals surface area contributed by atoms with Gasteiger partial charge in [0.1, 0.15) is 17.2 Å². The van der Waals surface area contributed by atoms with Crippen molar-refractivity contribution in [1.82, 2.24) is 10.6 Å². The van der Waals surface area contributed by atoms with Crippen LogP contribution in [-0.4, -0.2) is 47.4 Å². The molecule has 8 heteroatoms. The number of ether oxygens (including phenoxy) is 3. The summed E-state index contributed by atoms with van der Waals surface area (Å²) in [6.45, 7) is 4.92. The molecule has 2 aromatic rings. The molecule has 1 aliphatic heterocycles. The molecule has 7 nitrogen and oxygen atoms in total. The number of halogens is 1. The average Bonchev–Trinajstić information content (AvgIpc) is 3.36. The molecule has 0 aliphatic carbocycles. The molecule has 3 rings (SSSR count). The van der Waals surface area contributed by atoms with Crippen molar-refractivity contribution >= 4 is 35.6 Å². The number of aliphatic imine (C=N–C) groups is 1. The van der Waals surface area contributed by atoms with Gasteiger partial charge in [-0.25, -0.2) is 0 Å². The van der Waals surface area contributed by atoms with Crippen LogP contribution in [0.4, 0.5) is 5.69 Å². The summed E-state index contributed by atoms with van der Waals surface area (Å²) in [5.74, 6) is 2.79. The standard InChI is InChI=1S/C24H34N4O3.HI/c1-17(18-9-8-10-19(13-18)28-11-6-7-12-28)27-24(25-2)26-16-21-22(30-4)14-20(29-3)15-23(21)31-5;/h8-10,13-15,17H,6-7,11-12,16H2,1-5H3,(H2,25,26,27);1H. The molecule has 0 bridgehead atoms. The summed E-state index contributed by atoms with van der Waals surface area (Å²) < 4.78 is 16.4. The number of rotatable bonds is 8. The Labute approximate surface area is 208 Å². The van der Waals surface area contributed by atoms with Gasteiger partial charge in [0.15, 0.2) is 5.96 Å². The smallest absolute Gasteiger partial charge is 0.191 e. The van der Waals surface area contributed by atoms with Crippen LogP contribution in [0, 0.1) is 0 Å². The van der Waals surface area contributed by atoms with Gasteiger partial charge in [-0.1, -0.05) is 12.1 Å². The number of guanidine groups is 1. The molecule has 0 saturated carbocycles. The quantitative estimate of drug-likeness (QED) is 0.287. The van der Waals surface area contributed by atoms with Gasteiger partial charge in [-0.2, -0.15) is 0 Å². The molecule has 1 unspecified atom stereocenters. The maximum absolute atomic E-state index is 5.54. The zero-order valence-electron chi connectivity index (χ0n) is 19.6. The Kier molecular flexibility index (Phi) is 10.2. The SMILES string of the molecule is CN=C(NCc1c(OC)cc(OC)cc1OC)NC(C)c1cccc(N2CCCC2)c1.I. The number of anilines is 1. The number of nitrogens with one attached hydrogen (secondary N) is 2. The molecule has 2 aromatic carbocycles. The van der Waals surface area contributed by atoms with E-state index in [1.54, 1.807) is 28.4 Å². The number of hydrogen-bond donors (Lipinski definition) is 2. The number of methoxy groups -OCH3 is 3. The van der Waals surface area contributed by atoms with E-state index in [1.165, 1.54) is 24.1 Å². The Morgan fingerprint density at radius 1 is 1.03 bits per heavy atom. The number of hydrogen-bond acceptors (Lipinski definition) is 5. The molecule has 0 aromatic heterocycles. The molecular weight excluding hydrogens is 519 g/mol. The molecule has 1 atom stereocenters. The fourth-order valence-electron chi connectivity index (χ4n) is 3.87. The molecule has 2 N–H and O–H groups in total. The molecule has 1 saturated heterocycles. The molecular formula is C24H35IN4O3. The molecule has 0 amide bonds. The zero-order valence-corrected chi connectivity index (χ0v) is 21.9. The molecule has 1 heterocycles. The molecule has 176 valence electrons. The highest BCUT2D eigenvalue weighted by molar-refractivity contribution is 14.0. The van der Waals surface area contributed by atoms with Crippen molar-refractivity contribution in [3.63, 3.8) is 0 Å². The van der Waals surface area contributed by atoms with Crippen molar-refractivity contribution in [2.24, 2.45) is 4.99 Å². The minimum atomic E-state index is 0. The first-order valence-electron chi connectivity index (χ1n) is 10.7. The first kappa shape index (κ1) is 25.9. The Morgan fingerprint density at radius 3 is 2.25 bits per heavy atom. The van der Waals surface area contributed by atoms with Crippen LogP contribution in [0.15, 0.2) is 41.4 Å². The third-order valence-corrected chi connectivity index (χ3v) is 5.67. The van der Waals surface area contributed by atoms with Gasteiger partial charge >= 0.3 is 0 Å². The maximum Gasteiger partial charge on any atom is 0.191 e. The second-order valence-electron chi connectivity index (χ2n) is 7.59. The fourth-order valence-corrected chi connectivity index (χ4v) is 3.87. The summed E-state index contributed by atoms with van der Waals surface area (Å²) in [5.41, 5.74) is 3.42. The second kappa shape index (κ2) is 12.6. The lowest BCUT2D eigenvalue weighted by molar-refractivity contribution is 0.368. The average molecular weight is 554 g/mol. The molecule has 0 spiro atoms. The predicted octanol–water partition coefficient (Wildman–Crippen LogP) is 4.36. The minimum Gasteiger partial charge on any atom is -0.496 e. The van der Waals surface area contributed by atoms with Gasteiger partial charge in [0.05, 0.1) is 39.5 Å². The fraction of sp³-hybridized carbons (Fsp3) is 0.458. The van der Waals surface area contributed by atoms with E-state index < -0.39 is 0 Å². The third-order valence-electron chi connectivity index (χ3n) is 5.67. The highest BCUT2D eigenvalue weighted by atomic mass is 127. The van der Waals surface area contributed by atoms with Crippen LogP contribution in [-0.2, 0) is 6.54 Å².